The molecule has 1 aliphatic carbocycles. The van der Waals surface area contributed by atoms with Gasteiger partial charge in [-0.25, -0.2) is 13.5 Å². The first-order chi connectivity index (χ1) is 12.7. The molecule has 1 aliphatic rings. The number of alkyl halides is 2. The smallest absolute Gasteiger partial charge is 0.274 e. The average Bonchev–Trinajstić information content (AvgIpc) is 3.33. The number of aryl methyl sites for hydroxylation is 1. The second-order valence-corrected chi connectivity index (χ2v) is 7.60. The number of nitrogens with one attached hydrogen (secondary N) is 2. The van der Waals surface area contributed by atoms with Gasteiger partial charge in [0.25, 0.3) is 18.2 Å². The summed E-state index contributed by atoms with van der Waals surface area (Å²) in [5, 5.41) is 9.50. The number of rotatable bonds is 5. The standard InChI is InChI=1S/C17H16BrClF2N4O2/c1-8-5-9(19)6-10(14(26)22-2)13(8)23-15(27)11-7-12(18)24-25(11)17(3-4-17)16(20)21/h5-7,16H,3-4H2,1-2H3,(H,22,26)(H,23,27). The lowest BCUT2D eigenvalue weighted by molar-refractivity contribution is 0.0579. The average molecular weight is 462 g/mol. The summed E-state index contributed by atoms with van der Waals surface area (Å²) in [6.45, 7) is 1.68. The summed E-state index contributed by atoms with van der Waals surface area (Å²) < 4.78 is 28.3. The summed E-state index contributed by atoms with van der Waals surface area (Å²) in [5.41, 5.74) is -0.478. The number of halogens is 4. The van der Waals surface area contributed by atoms with Crippen LogP contribution in [0.5, 0.6) is 0 Å². The molecule has 0 saturated heterocycles. The molecule has 144 valence electrons. The SMILES string of the molecule is CNC(=O)c1cc(Cl)cc(C)c1NC(=O)c1cc(Br)nn1C1(C(F)F)CC1. The van der Waals surface area contributed by atoms with Crippen molar-refractivity contribution in [3.8, 4) is 0 Å². The summed E-state index contributed by atoms with van der Waals surface area (Å²) in [6, 6.07) is 4.40. The van der Waals surface area contributed by atoms with Crippen molar-refractivity contribution in [3.05, 3.63) is 44.6 Å². The zero-order chi connectivity index (χ0) is 19.9. The molecule has 27 heavy (non-hydrogen) atoms. The van der Waals surface area contributed by atoms with E-state index in [1.165, 1.54) is 19.2 Å². The van der Waals surface area contributed by atoms with Crippen LogP contribution in [0.25, 0.3) is 0 Å². The van der Waals surface area contributed by atoms with Gasteiger partial charge in [0, 0.05) is 18.1 Å². The van der Waals surface area contributed by atoms with E-state index in [9.17, 15) is 18.4 Å². The number of hydrogen-bond donors (Lipinski definition) is 2. The minimum absolute atomic E-state index is 0.0168. The van der Waals surface area contributed by atoms with Crippen LogP contribution < -0.4 is 10.6 Å². The van der Waals surface area contributed by atoms with Crippen molar-refractivity contribution in [1.82, 2.24) is 15.1 Å². The lowest BCUT2D eigenvalue weighted by Gasteiger charge is -2.19. The van der Waals surface area contributed by atoms with E-state index in [1.54, 1.807) is 13.0 Å². The molecule has 2 N–H and O–H groups in total. The lowest BCUT2D eigenvalue weighted by atomic mass is 10.1. The highest BCUT2D eigenvalue weighted by Crippen LogP contribution is 2.49. The maximum Gasteiger partial charge on any atom is 0.274 e. The van der Waals surface area contributed by atoms with Gasteiger partial charge in [-0.05, 0) is 53.4 Å². The Bertz CT molecular complexity index is 928. The topological polar surface area (TPSA) is 76.0 Å². The van der Waals surface area contributed by atoms with Crippen molar-refractivity contribution in [1.29, 1.82) is 0 Å². The van der Waals surface area contributed by atoms with Gasteiger partial charge < -0.3 is 10.6 Å². The number of carbonyl (C=O) groups is 2. The van der Waals surface area contributed by atoms with Gasteiger partial charge >= 0.3 is 0 Å². The first-order valence-corrected chi connectivity index (χ1v) is 9.24. The van der Waals surface area contributed by atoms with Crippen LogP contribution in [0.1, 0.15) is 39.3 Å². The molecule has 2 aromatic rings. The van der Waals surface area contributed by atoms with E-state index in [1.807, 2.05) is 0 Å². The van der Waals surface area contributed by atoms with Crippen molar-refractivity contribution < 1.29 is 18.4 Å². The zero-order valence-electron chi connectivity index (χ0n) is 14.4. The number of nitrogens with zero attached hydrogens (tertiary/aromatic N) is 2. The number of carbonyl (C=O) groups excluding carboxylic acids is 2. The van der Waals surface area contributed by atoms with Crippen molar-refractivity contribution in [2.24, 2.45) is 0 Å². The monoisotopic (exact) mass is 460 g/mol. The van der Waals surface area contributed by atoms with E-state index in [2.05, 4.69) is 31.7 Å². The fourth-order valence-electron chi connectivity index (χ4n) is 2.90. The lowest BCUT2D eigenvalue weighted by Crippen LogP contribution is -2.32. The van der Waals surface area contributed by atoms with Crippen LogP contribution in [0.3, 0.4) is 0 Å². The second-order valence-electron chi connectivity index (χ2n) is 6.35. The molecule has 3 rings (SSSR count). The van der Waals surface area contributed by atoms with Crippen LogP contribution in [-0.4, -0.2) is 35.1 Å². The third kappa shape index (κ3) is 3.58. The van der Waals surface area contributed by atoms with Gasteiger partial charge in [-0.15, -0.1) is 0 Å². The summed E-state index contributed by atoms with van der Waals surface area (Å²) >= 11 is 9.15. The molecule has 0 radical (unpaired) electrons. The Morgan fingerprint density at radius 2 is 1.96 bits per heavy atom. The molecule has 1 fully saturated rings. The van der Waals surface area contributed by atoms with Gasteiger partial charge in [0.15, 0.2) is 0 Å². The van der Waals surface area contributed by atoms with Crippen LogP contribution in [0.15, 0.2) is 22.8 Å². The van der Waals surface area contributed by atoms with Crippen LogP contribution in [-0.2, 0) is 5.54 Å². The molecule has 0 atom stereocenters. The van der Waals surface area contributed by atoms with Crippen LogP contribution in [0.2, 0.25) is 5.02 Å². The van der Waals surface area contributed by atoms with Gasteiger partial charge in [-0.3, -0.25) is 9.59 Å². The number of amides is 2. The molecular formula is C17H16BrClF2N4O2. The van der Waals surface area contributed by atoms with E-state index in [4.69, 9.17) is 11.6 Å². The number of hydrogen-bond acceptors (Lipinski definition) is 3. The van der Waals surface area contributed by atoms with E-state index in [0.717, 1.165) is 4.68 Å². The largest absolute Gasteiger partial charge is 0.355 e. The van der Waals surface area contributed by atoms with Crippen molar-refractivity contribution in [2.75, 3.05) is 12.4 Å². The fourth-order valence-corrected chi connectivity index (χ4v) is 3.55. The van der Waals surface area contributed by atoms with Gasteiger partial charge in [0.05, 0.1) is 11.3 Å². The van der Waals surface area contributed by atoms with E-state index in [0.29, 0.717) is 10.6 Å². The van der Waals surface area contributed by atoms with E-state index < -0.39 is 23.8 Å². The Labute approximate surface area is 167 Å². The van der Waals surface area contributed by atoms with Gasteiger partial charge in [0.1, 0.15) is 15.8 Å². The molecule has 1 aromatic heterocycles. The Kier molecular flexibility index (Phi) is 5.27. The summed E-state index contributed by atoms with van der Waals surface area (Å²) in [6.07, 6.45) is -2.17. The zero-order valence-corrected chi connectivity index (χ0v) is 16.8. The Hall–Kier alpha value is -2.00. The minimum atomic E-state index is -2.64. The second kappa shape index (κ2) is 7.20. The molecule has 0 aliphatic heterocycles. The molecule has 1 heterocycles. The fraction of sp³-hybridized carbons (Fsp3) is 0.353. The first-order valence-electron chi connectivity index (χ1n) is 8.07. The third-order valence-corrected chi connectivity index (χ3v) is 5.12. The maximum absolute atomic E-state index is 13.5. The highest BCUT2D eigenvalue weighted by molar-refractivity contribution is 9.10. The quantitative estimate of drug-likeness (QED) is 0.707. The van der Waals surface area contributed by atoms with Crippen molar-refractivity contribution >= 4 is 45.0 Å². The summed E-state index contributed by atoms with van der Waals surface area (Å²) in [5.74, 6) is -1.08. The molecule has 10 heteroatoms. The molecule has 2 amide bonds. The number of anilines is 1. The molecule has 6 nitrogen and oxygen atoms in total. The summed E-state index contributed by atoms with van der Waals surface area (Å²) in [4.78, 5) is 25.0. The van der Waals surface area contributed by atoms with E-state index in [-0.39, 0.29) is 34.4 Å². The van der Waals surface area contributed by atoms with Crippen LogP contribution in [0, 0.1) is 6.92 Å². The molecule has 0 unspecified atom stereocenters. The van der Waals surface area contributed by atoms with Crippen molar-refractivity contribution in [3.63, 3.8) is 0 Å². The highest BCUT2D eigenvalue weighted by Gasteiger charge is 2.55. The third-order valence-electron chi connectivity index (χ3n) is 4.51. The highest BCUT2D eigenvalue weighted by atomic mass is 79.9. The van der Waals surface area contributed by atoms with Crippen molar-refractivity contribution in [2.45, 2.75) is 31.7 Å². The normalized spacial score (nSPS) is 14.9. The molecule has 0 bridgehead atoms. The minimum Gasteiger partial charge on any atom is -0.355 e. The van der Waals surface area contributed by atoms with E-state index >= 15 is 0 Å². The van der Waals surface area contributed by atoms with Crippen LogP contribution in [0.4, 0.5) is 14.5 Å². The molecule has 0 spiro atoms. The first kappa shape index (κ1) is 19.8. The van der Waals surface area contributed by atoms with Crippen LogP contribution >= 0.6 is 27.5 Å². The van der Waals surface area contributed by atoms with Gasteiger partial charge in [-0.1, -0.05) is 11.6 Å². The predicted molar refractivity (Wildman–Crippen MR) is 101 cm³/mol. The number of aromatic nitrogens is 2. The molecular weight excluding hydrogens is 446 g/mol. The molecule has 1 aromatic carbocycles. The summed E-state index contributed by atoms with van der Waals surface area (Å²) in [7, 11) is 1.45. The maximum atomic E-state index is 13.5. The van der Waals surface area contributed by atoms with Gasteiger partial charge in [0.2, 0.25) is 0 Å². The predicted octanol–water partition coefficient (Wildman–Crippen LogP) is 3.97. The molecule has 1 saturated carbocycles. The number of benzene rings is 1. The van der Waals surface area contributed by atoms with Gasteiger partial charge in [-0.2, -0.15) is 5.10 Å². The Morgan fingerprint density at radius 3 is 2.52 bits per heavy atom. The Balaban J connectivity index is 2.00. The Morgan fingerprint density at radius 1 is 1.30 bits per heavy atom.